The van der Waals surface area contributed by atoms with Gasteiger partial charge in [-0.15, -0.1) is 0 Å². The molecular formula is C15H21N5O2. The number of piperidine rings is 1. The second kappa shape index (κ2) is 6.29. The Morgan fingerprint density at radius 1 is 1.55 bits per heavy atom. The lowest BCUT2D eigenvalue weighted by Crippen LogP contribution is -2.42. The number of hydrogen-bond donors (Lipinski definition) is 0. The Kier molecular flexibility index (Phi) is 4.22. The third-order valence-corrected chi connectivity index (χ3v) is 4.21. The summed E-state index contributed by atoms with van der Waals surface area (Å²) in [6.45, 7) is 5.32. The van der Waals surface area contributed by atoms with Crippen LogP contribution in [0.5, 0.6) is 0 Å². The Balaban J connectivity index is 1.68. The molecule has 1 saturated heterocycles. The summed E-state index contributed by atoms with van der Waals surface area (Å²) in [6, 6.07) is -0.238. The van der Waals surface area contributed by atoms with E-state index in [9.17, 15) is 4.79 Å². The smallest absolute Gasteiger partial charge is 0.245 e. The number of likely N-dealkylation sites (tertiary alicyclic amines) is 1. The number of carbonyl (C=O) groups is 1. The van der Waals surface area contributed by atoms with Gasteiger partial charge >= 0.3 is 0 Å². The van der Waals surface area contributed by atoms with Gasteiger partial charge in [0.2, 0.25) is 11.8 Å². The lowest BCUT2D eigenvalue weighted by Gasteiger charge is -2.33. The molecule has 2 aromatic rings. The Morgan fingerprint density at radius 2 is 2.41 bits per heavy atom. The van der Waals surface area contributed by atoms with E-state index in [1.807, 2.05) is 29.5 Å². The minimum absolute atomic E-state index is 0.113. The molecule has 1 amide bonds. The van der Waals surface area contributed by atoms with Crippen molar-refractivity contribution in [2.24, 2.45) is 0 Å². The molecule has 2 atom stereocenters. The van der Waals surface area contributed by atoms with Crippen LogP contribution < -0.4 is 0 Å². The van der Waals surface area contributed by atoms with Crippen molar-refractivity contribution < 1.29 is 9.32 Å². The lowest BCUT2D eigenvalue weighted by molar-refractivity contribution is -0.135. The van der Waals surface area contributed by atoms with Gasteiger partial charge in [-0.25, -0.2) is 4.98 Å². The molecule has 7 nitrogen and oxygen atoms in total. The molecule has 0 N–H and O–H groups in total. The van der Waals surface area contributed by atoms with Crippen molar-refractivity contribution in [3.63, 3.8) is 0 Å². The Labute approximate surface area is 129 Å². The van der Waals surface area contributed by atoms with Gasteiger partial charge < -0.3 is 14.0 Å². The first-order valence-electron chi connectivity index (χ1n) is 7.77. The average Bonchev–Trinajstić information content (AvgIpc) is 3.24. The van der Waals surface area contributed by atoms with Gasteiger partial charge in [0, 0.05) is 37.8 Å². The average molecular weight is 303 g/mol. The fourth-order valence-corrected chi connectivity index (χ4v) is 2.86. The van der Waals surface area contributed by atoms with Crippen LogP contribution in [0, 0.1) is 0 Å². The van der Waals surface area contributed by atoms with E-state index < -0.39 is 0 Å². The van der Waals surface area contributed by atoms with Gasteiger partial charge in [-0.1, -0.05) is 12.1 Å². The molecule has 118 valence electrons. The number of aromatic nitrogens is 4. The molecule has 7 heteroatoms. The maximum Gasteiger partial charge on any atom is 0.245 e. The molecule has 22 heavy (non-hydrogen) atoms. The van der Waals surface area contributed by atoms with E-state index in [0.717, 1.165) is 31.6 Å². The van der Waals surface area contributed by atoms with Crippen LogP contribution in [0.4, 0.5) is 0 Å². The van der Waals surface area contributed by atoms with Crippen molar-refractivity contribution in [3.05, 3.63) is 30.4 Å². The second-order valence-corrected chi connectivity index (χ2v) is 5.71. The quantitative estimate of drug-likeness (QED) is 0.860. The van der Waals surface area contributed by atoms with Gasteiger partial charge in [0.15, 0.2) is 5.82 Å². The number of hydrogen-bond acceptors (Lipinski definition) is 5. The maximum atomic E-state index is 12.6. The molecule has 0 saturated carbocycles. The SMILES string of the molecule is CCc1nc([C@H]2CCCN(C(=O)[C@H](C)n3ccnc3)C2)no1. The highest BCUT2D eigenvalue weighted by Crippen LogP contribution is 2.26. The van der Waals surface area contributed by atoms with Crippen molar-refractivity contribution in [1.29, 1.82) is 0 Å². The summed E-state index contributed by atoms with van der Waals surface area (Å²) in [5.74, 6) is 1.66. The zero-order chi connectivity index (χ0) is 15.5. The fourth-order valence-electron chi connectivity index (χ4n) is 2.86. The highest BCUT2D eigenvalue weighted by Gasteiger charge is 2.30. The lowest BCUT2D eigenvalue weighted by atomic mass is 9.97. The largest absolute Gasteiger partial charge is 0.340 e. The topological polar surface area (TPSA) is 77.1 Å². The van der Waals surface area contributed by atoms with E-state index >= 15 is 0 Å². The summed E-state index contributed by atoms with van der Waals surface area (Å²) in [5.41, 5.74) is 0. The standard InChI is InChI=1S/C15H21N5O2/c1-3-13-17-14(18-22-13)12-5-4-7-19(9-12)15(21)11(2)20-8-6-16-10-20/h6,8,10-12H,3-5,7,9H2,1-2H3/t11-,12-/m0/s1. The molecule has 3 rings (SSSR count). The van der Waals surface area contributed by atoms with Crippen LogP contribution in [0.2, 0.25) is 0 Å². The first-order chi connectivity index (χ1) is 10.7. The van der Waals surface area contributed by atoms with Crippen molar-refractivity contribution >= 4 is 5.91 Å². The molecule has 0 aromatic carbocycles. The number of nitrogens with zero attached hydrogens (tertiary/aromatic N) is 5. The number of carbonyl (C=O) groups excluding carboxylic acids is 1. The number of imidazole rings is 1. The van der Waals surface area contributed by atoms with E-state index in [1.54, 1.807) is 12.5 Å². The van der Waals surface area contributed by atoms with E-state index in [-0.39, 0.29) is 17.9 Å². The second-order valence-electron chi connectivity index (χ2n) is 5.71. The predicted octanol–water partition coefficient (Wildman–Crippen LogP) is 1.80. The maximum absolute atomic E-state index is 12.6. The normalized spacial score (nSPS) is 20.1. The molecule has 1 aliphatic rings. The van der Waals surface area contributed by atoms with Crippen molar-refractivity contribution in [3.8, 4) is 0 Å². The summed E-state index contributed by atoms with van der Waals surface area (Å²) < 4.78 is 7.02. The number of amides is 1. The van der Waals surface area contributed by atoms with E-state index in [1.165, 1.54) is 0 Å². The first kappa shape index (κ1) is 14.7. The van der Waals surface area contributed by atoms with E-state index in [4.69, 9.17) is 4.52 Å². The van der Waals surface area contributed by atoms with E-state index in [2.05, 4.69) is 15.1 Å². The predicted molar refractivity (Wildman–Crippen MR) is 79.2 cm³/mol. The molecular weight excluding hydrogens is 282 g/mol. The highest BCUT2D eigenvalue weighted by molar-refractivity contribution is 5.80. The molecule has 3 heterocycles. The van der Waals surface area contributed by atoms with Gasteiger partial charge in [0.05, 0.1) is 6.33 Å². The van der Waals surface area contributed by atoms with Crippen LogP contribution >= 0.6 is 0 Å². The molecule has 2 aromatic heterocycles. The molecule has 0 radical (unpaired) electrons. The summed E-state index contributed by atoms with van der Waals surface area (Å²) in [6.07, 6.45) is 7.87. The minimum atomic E-state index is -0.238. The highest BCUT2D eigenvalue weighted by atomic mass is 16.5. The zero-order valence-corrected chi connectivity index (χ0v) is 13.0. The summed E-state index contributed by atoms with van der Waals surface area (Å²) in [7, 11) is 0. The van der Waals surface area contributed by atoms with Gasteiger partial charge in [-0.2, -0.15) is 4.98 Å². The third kappa shape index (κ3) is 2.88. The molecule has 1 fully saturated rings. The monoisotopic (exact) mass is 303 g/mol. The molecule has 0 spiro atoms. The van der Waals surface area contributed by atoms with Crippen molar-refractivity contribution in [1.82, 2.24) is 24.6 Å². The molecule has 0 unspecified atom stereocenters. The van der Waals surface area contributed by atoms with Crippen LogP contribution in [0.15, 0.2) is 23.2 Å². The van der Waals surface area contributed by atoms with E-state index in [0.29, 0.717) is 12.4 Å². The fraction of sp³-hybridized carbons (Fsp3) is 0.600. The Hall–Kier alpha value is -2.18. The molecule has 0 aliphatic carbocycles. The Morgan fingerprint density at radius 3 is 3.09 bits per heavy atom. The van der Waals surface area contributed by atoms with Crippen LogP contribution in [0.25, 0.3) is 0 Å². The Bertz CT molecular complexity index is 622. The molecule has 1 aliphatic heterocycles. The number of aryl methyl sites for hydroxylation is 1. The van der Waals surface area contributed by atoms with Gasteiger partial charge in [-0.05, 0) is 19.8 Å². The van der Waals surface area contributed by atoms with Gasteiger partial charge in [0.25, 0.3) is 0 Å². The van der Waals surface area contributed by atoms with Crippen LogP contribution in [0.1, 0.15) is 50.4 Å². The van der Waals surface area contributed by atoms with Crippen LogP contribution in [-0.2, 0) is 11.2 Å². The van der Waals surface area contributed by atoms with Gasteiger partial charge in [-0.3, -0.25) is 4.79 Å². The van der Waals surface area contributed by atoms with Crippen molar-refractivity contribution in [2.75, 3.05) is 13.1 Å². The summed E-state index contributed by atoms with van der Waals surface area (Å²) in [5, 5.41) is 4.06. The van der Waals surface area contributed by atoms with Gasteiger partial charge in [0.1, 0.15) is 6.04 Å². The summed E-state index contributed by atoms with van der Waals surface area (Å²) in [4.78, 5) is 23.0. The first-order valence-corrected chi connectivity index (χ1v) is 7.77. The van der Waals surface area contributed by atoms with Crippen molar-refractivity contribution in [2.45, 2.75) is 45.1 Å². The third-order valence-electron chi connectivity index (χ3n) is 4.21. The molecule has 0 bridgehead atoms. The van der Waals surface area contributed by atoms with Crippen LogP contribution in [0.3, 0.4) is 0 Å². The summed E-state index contributed by atoms with van der Waals surface area (Å²) >= 11 is 0. The number of rotatable bonds is 4. The van der Waals surface area contributed by atoms with Crippen LogP contribution in [-0.4, -0.2) is 43.6 Å². The minimum Gasteiger partial charge on any atom is -0.340 e. The zero-order valence-electron chi connectivity index (χ0n) is 13.0.